The molecule has 80 heavy (non-hydrogen) atoms. The Morgan fingerprint density at radius 2 is 1.00 bits per heavy atom. The second kappa shape index (κ2) is 18.9. The fourth-order valence-corrected chi connectivity index (χ4v) is 12.8. The zero-order valence-corrected chi connectivity index (χ0v) is 46.2. The Kier molecular flexibility index (Phi) is 11.5. The van der Waals surface area contributed by atoms with Crippen LogP contribution in [0, 0.1) is 0 Å². The highest BCUT2D eigenvalue weighted by molar-refractivity contribution is 6.09. The van der Waals surface area contributed by atoms with Crippen molar-refractivity contribution in [2.75, 3.05) is 16.5 Å². The topological polar surface area (TPSA) is 33.5 Å². The standard InChI is InChI=1S/C75H62N4O/c1-73(2,3)53-37-39-62-61-29-16-18-33-65(61)75(66(62)45-53,52-27-14-9-15-28-52)55-43-56(47-58(44-55)80-57-38-40-64-63-30-17-19-34-67(63)79(70(64)48-57)71-46-54(41-42-76-71)74(4,5)6)77-49-78(69-36-21-20-35-68(69)77)72-59(50-23-10-7-11-24-50)31-22-32-60(72)51-25-12-8-13-26-51/h7-48H,49H2,1-6H3. The SMILES string of the molecule is CC(C)(C)c1ccnc(-n2c3ccccc3c3ccc(Oc4cc(N5CN(c6c(-c7ccccc7)cccc6-c6ccccc6)c6ccccc65)cc(C5(c6ccccc6)c6ccccc6-c6ccc(C(C)(C)C)cc65)c4)cc32)c1. The van der Waals surface area contributed by atoms with E-state index in [2.05, 4.69) is 305 Å². The van der Waals surface area contributed by atoms with Gasteiger partial charge in [0.05, 0.1) is 33.5 Å². The van der Waals surface area contributed by atoms with E-state index in [9.17, 15) is 0 Å². The number of nitrogens with zero attached hydrogens (tertiary/aromatic N) is 4. The highest BCUT2D eigenvalue weighted by Crippen LogP contribution is 2.59. The van der Waals surface area contributed by atoms with E-state index < -0.39 is 5.41 Å². The average molecular weight is 1040 g/mol. The first-order valence-electron chi connectivity index (χ1n) is 28.0. The lowest BCUT2D eigenvalue weighted by molar-refractivity contribution is 0.482. The molecule has 2 aliphatic rings. The van der Waals surface area contributed by atoms with Gasteiger partial charge in [0.2, 0.25) is 0 Å². The van der Waals surface area contributed by atoms with Gasteiger partial charge in [0.25, 0.3) is 0 Å². The third-order valence-electron chi connectivity index (χ3n) is 16.7. The zero-order valence-electron chi connectivity index (χ0n) is 46.2. The summed E-state index contributed by atoms with van der Waals surface area (Å²) in [5.74, 6) is 2.36. The first-order valence-corrected chi connectivity index (χ1v) is 28.0. The van der Waals surface area contributed by atoms with Gasteiger partial charge in [0.1, 0.15) is 24.0 Å². The number of hydrogen-bond donors (Lipinski definition) is 0. The third kappa shape index (κ3) is 8.02. The van der Waals surface area contributed by atoms with E-state index in [-0.39, 0.29) is 10.8 Å². The van der Waals surface area contributed by atoms with Crippen LogP contribution >= 0.6 is 0 Å². The van der Waals surface area contributed by atoms with Crippen LogP contribution in [0.5, 0.6) is 11.5 Å². The summed E-state index contributed by atoms with van der Waals surface area (Å²) in [7, 11) is 0. The number of fused-ring (bicyclic) bond motifs is 7. The second-order valence-corrected chi connectivity index (χ2v) is 23.6. The van der Waals surface area contributed by atoms with Crippen molar-refractivity contribution >= 4 is 44.6 Å². The van der Waals surface area contributed by atoms with Crippen LogP contribution in [-0.4, -0.2) is 16.2 Å². The molecule has 0 saturated heterocycles. The summed E-state index contributed by atoms with van der Waals surface area (Å²) in [6.07, 6.45) is 1.94. The minimum absolute atomic E-state index is 0.0540. The molecule has 0 amide bonds. The fourth-order valence-electron chi connectivity index (χ4n) is 12.8. The molecule has 5 heteroatoms. The van der Waals surface area contributed by atoms with Crippen molar-refractivity contribution in [3.8, 4) is 50.7 Å². The van der Waals surface area contributed by atoms with Gasteiger partial charge in [-0.25, -0.2) is 4.98 Å². The Morgan fingerprint density at radius 3 is 1.71 bits per heavy atom. The van der Waals surface area contributed by atoms with E-state index in [4.69, 9.17) is 9.72 Å². The van der Waals surface area contributed by atoms with Gasteiger partial charge in [-0.05, 0) is 121 Å². The number of ether oxygens (including phenoxy) is 1. The summed E-state index contributed by atoms with van der Waals surface area (Å²) in [4.78, 5) is 10.0. The van der Waals surface area contributed by atoms with Gasteiger partial charge in [-0.15, -0.1) is 0 Å². The molecule has 1 unspecified atom stereocenters. The normalized spacial score (nSPS) is 14.8. The van der Waals surface area contributed by atoms with E-state index in [0.717, 1.165) is 62.0 Å². The van der Waals surface area contributed by atoms with Crippen molar-refractivity contribution < 1.29 is 4.74 Å². The Morgan fingerprint density at radius 1 is 0.412 bits per heavy atom. The summed E-state index contributed by atoms with van der Waals surface area (Å²) in [6.45, 7) is 14.3. The minimum Gasteiger partial charge on any atom is -0.457 e. The van der Waals surface area contributed by atoms with Crippen LogP contribution in [0.25, 0.3) is 61.0 Å². The maximum Gasteiger partial charge on any atom is 0.137 e. The smallest absolute Gasteiger partial charge is 0.137 e. The van der Waals surface area contributed by atoms with Crippen LogP contribution in [0.15, 0.2) is 255 Å². The van der Waals surface area contributed by atoms with E-state index in [1.807, 2.05) is 6.20 Å². The molecule has 388 valence electrons. The molecule has 12 aromatic rings. The summed E-state index contributed by atoms with van der Waals surface area (Å²) >= 11 is 0. The van der Waals surface area contributed by atoms with Gasteiger partial charge in [0, 0.05) is 45.9 Å². The molecule has 1 aliphatic heterocycles. The molecule has 0 saturated carbocycles. The molecular formula is C75H62N4O. The molecule has 0 radical (unpaired) electrons. The largest absolute Gasteiger partial charge is 0.457 e. The lowest BCUT2D eigenvalue weighted by Crippen LogP contribution is -2.30. The van der Waals surface area contributed by atoms with Gasteiger partial charge in [-0.1, -0.05) is 224 Å². The maximum atomic E-state index is 7.47. The van der Waals surface area contributed by atoms with Crippen molar-refractivity contribution in [2.45, 2.75) is 57.8 Å². The number of aromatic nitrogens is 2. The molecule has 0 N–H and O–H groups in total. The van der Waals surface area contributed by atoms with E-state index in [1.54, 1.807) is 0 Å². The van der Waals surface area contributed by atoms with E-state index in [1.165, 1.54) is 66.6 Å². The Bertz CT molecular complexity index is 4280. The monoisotopic (exact) mass is 1030 g/mol. The van der Waals surface area contributed by atoms with Gasteiger partial charge >= 0.3 is 0 Å². The number of benzene rings is 10. The lowest BCUT2D eigenvalue weighted by Gasteiger charge is -2.36. The second-order valence-electron chi connectivity index (χ2n) is 23.6. The summed E-state index contributed by atoms with van der Waals surface area (Å²) < 4.78 is 9.76. The quantitative estimate of drug-likeness (QED) is 0.144. The molecule has 0 bridgehead atoms. The van der Waals surface area contributed by atoms with Crippen LogP contribution in [0.3, 0.4) is 0 Å². The average Bonchev–Trinajstić information content (AvgIpc) is 4.26. The molecule has 1 atom stereocenters. The van der Waals surface area contributed by atoms with Gasteiger partial charge < -0.3 is 14.5 Å². The number of hydrogen-bond acceptors (Lipinski definition) is 4. The van der Waals surface area contributed by atoms with Gasteiger partial charge in [0.15, 0.2) is 0 Å². The Labute approximate surface area is 469 Å². The van der Waals surface area contributed by atoms with Crippen molar-refractivity contribution in [2.24, 2.45) is 0 Å². The highest BCUT2D eigenvalue weighted by Gasteiger charge is 2.47. The van der Waals surface area contributed by atoms with Crippen molar-refractivity contribution in [3.05, 3.63) is 288 Å². The molecule has 14 rings (SSSR count). The minimum atomic E-state index is -0.720. The molecule has 3 heterocycles. The molecule has 2 aromatic heterocycles. The predicted octanol–water partition coefficient (Wildman–Crippen LogP) is 19.5. The van der Waals surface area contributed by atoms with Gasteiger partial charge in [-0.3, -0.25) is 4.57 Å². The number of anilines is 4. The number of para-hydroxylation sites is 4. The Hall–Kier alpha value is -9.45. The van der Waals surface area contributed by atoms with Crippen LogP contribution in [-0.2, 0) is 16.2 Å². The number of pyridine rings is 1. The van der Waals surface area contributed by atoms with Crippen LogP contribution in [0.4, 0.5) is 22.7 Å². The molecular weight excluding hydrogens is 973 g/mol. The maximum absolute atomic E-state index is 7.47. The summed E-state index contributed by atoms with van der Waals surface area (Å²) in [6, 6.07) is 91.2. The third-order valence-corrected chi connectivity index (χ3v) is 16.7. The first kappa shape index (κ1) is 48.9. The highest BCUT2D eigenvalue weighted by atomic mass is 16.5. The zero-order chi connectivity index (χ0) is 54.3. The predicted molar refractivity (Wildman–Crippen MR) is 333 cm³/mol. The van der Waals surface area contributed by atoms with Gasteiger partial charge in [-0.2, -0.15) is 0 Å². The summed E-state index contributed by atoms with van der Waals surface area (Å²) in [5.41, 5.74) is 20.2. The van der Waals surface area contributed by atoms with Crippen molar-refractivity contribution in [1.29, 1.82) is 0 Å². The first-order chi connectivity index (χ1) is 38.9. The van der Waals surface area contributed by atoms with Crippen LogP contribution in [0.2, 0.25) is 0 Å². The molecule has 0 fully saturated rings. The fraction of sp³-hybridized carbons (Fsp3) is 0.133. The molecule has 0 spiro atoms. The van der Waals surface area contributed by atoms with Crippen LogP contribution in [0.1, 0.15) is 74.9 Å². The van der Waals surface area contributed by atoms with Crippen molar-refractivity contribution in [3.63, 3.8) is 0 Å². The van der Waals surface area contributed by atoms with Crippen LogP contribution < -0.4 is 14.5 Å². The Balaban J connectivity index is 1.01. The molecule has 1 aliphatic carbocycles. The van der Waals surface area contributed by atoms with Crippen molar-refractivity contribution in [1.82, 2.24) is 9.55 Å². The number of rotatable bonds is 9. The summed E-state index contributed by atoms with van der Waals surface area (Å²) in [5, 5.41) is 2.31. The van der Waals surface area contributed by atoms with E-state index >= 15 is 0 Å². The molecule has 5 nitrogen and oxygen atoms in total. The molecule has 10 aromatic carbocycles. The van der Waals surface area contributed by atoms with E-state index in [0.29, 0.717) is 6.67 Å². The lowest BCUT2D eigenvalue weighted by atomic mass is 9.67.